The smallest absolute Gasteiger partial charge is 0.251 e. The molecule has 0 aliphatic carbocycles. The highest BCUT2D eigenvalue weighted by atomic mass is 35.5. The molecule has 0 spiro atoms. The molecular formula is C13H12ClNO3S2. The summed E-state index contributed by atoms with van der Waals surface area (Å²) < 4.78 is 23.0. The molecule has 0 aliphatic heterocycles. The fourth-order valence-corrected chi connectivity index (χ4v) is 3.57. The third-order valence-corrected chi connectivity index (χ3v) is 5.69. The molecule has 0 radical (unpaired) electrons. The van der Waals surface area contributed by atoms with Gasteiger partial charge in [-0.2, -0.15) is 0 Å². The SMILES string of the molecule is CS(=O)(=O)c1ccc(CNC(=O)c2ccc(Cl)cc2)s1. The molecule has 2 aromatic rings. The first-order chi connectivity index (χ1) is 9.36. The van der Waals surface area contributed by atoms with Crippen molar-refractivity contribution in [3.63, 3.8) is 0 Å². The van der Waals surface area contributed by atoms with Crippen molar-refractivity contribution in [3.8, 4) is 0 Å². The third kappa shape index (κ3) is 3.82. The van der Waals surface area contributed by atoms with Crippen molar-refractivity contribution < 1.29 is 13.2 Å². The molecule has 2 rings (SSSR count). The van der Waals surface area contributed by atoms with Crippen molar-refractivity contribution in [3.05, 3.63) is 51.9 Å². The number of rotatable bonds is 4. The van der Waals surface area contributed by atoms with Crippen LogP contribution in [0.15, 0.2) is 40.6 Å². The minimum absolute atomic E-state index is 0.226. The first-order valence-corrected chi connectivity index (χ1v) is 8.77. The summed E-state index contributed by atoms with van der Waals surface area (Å²) >= 11 is 6.90. The summed E-state index contributed by atoms with van der Waals surface area (Å²) in [6, 6.07) is 9.79. The second-order valence-electron chi connectivity index (χ2n) is 4.18. The van der Waals surface area contributed by atoms with Gasteiger partial charge in [0.2, 0.25) is 0 Å². The van der Waals surface area contributed by atoms with Gasteiger partial charge in [0.1, 0.15) is 4.21 Å². The third-order valence-electron chi connectivity index (χ3n) is 2.53. The average molecular weight is 330 g/mol. The monoisotopic (exact) mass is 329 g/mol. The molecule has 1 amide bonds. The molecule has 0 saturated carbocycles. The number of amides is 1. The van der Waals surface area contributed by atoms with Crippen LogP contribution < -0.4 is 5.32 Å². The Morgan fingerprint density at radius 3 is 2.40 bits per heavy atom. The number of benzene rings is 1. The van der Waals surface area contributed by atoms with Crippen LogP contribution in [0.4, 0.5) is 0 Å². The van der Waals surface area contributed by atoms with Crippen LogP contribution in [-0.4, -0.2) is 20.6 Å². The lowest BCUT2D eigenvalue weighted by atomic mass is 10.2. The zero-order valence-electron chi connectivity index (χ0n) is 10.6. The first kappa shape index (κ1) is 15.0. The van der Waals surface area contributed by atoms with E-state index >= 15 is 0 Å². The van der Waals surface area contributed by atoms with E-state index in [4.69, 9.17) is 11.6 Å². The summed E-state index contributed by atoms with van der Waals surface area (Å²) in [4.78, 5) is 12.7. The van der Waals surface area contributed by atoms with E-state index in [-0.39, 0.29) is 5.91 Å². The predicted molar refractivity (Wildman–Crippen MR) is 80.1 cm³/mol. The Morgan fingerprint density at radius 2 is 1.85 bits per heavy atom. The fourth-order valence-electron chi connectivity index (χ4n) is 1.52. The molecule has 1 heterocycles. The Morgan fingerprint density at radius 1 is 1.20 bits per heavy atom. The van der Waals surface area contributed by atoms with Gasteiger partial charge in [0.05, 0.1) is 6.54 Å². The van der Waals surface area contributed by atoms with Gasteiger partial charge in [0.25, 0.3) is 5.91 Å². The van der Waals surface area contributed by atoms with Gasteiger partial charge in [-0.25, -0.2) is 8.42 Å². The number of nitrogens with one attached hydrogen (secondary N) is 1. The number of carbonyl (C=O) groups is 1. The van der Waals surface area contributed by atoms with Crippen LogP contribution in [0.25, 0.3) is 0 Å². The Kier molecular flexibility index (Phi) is 4.47. The normalized spacial score (nSPS) is 11.3. The van der Waals surface area contributed by atoms with Crippen LogP contribution in [0, 0.1) is 0 Å². The molecule has 0 bridgehead atoms. The topological polar surface area (TPSA) is 63.2 Å². The minimum atomic E-state index is -3.19. The summed E-state index contributed by atoms with van der Waals surface area (Å²) in [6.07, 6.45) is 1.16. The van der Waals surface area contributed by atoms with Crippen LogP contribution in [0.1, 0.15) is 15.2 Å². The lowest BCUT2D eigenvalue weighted by molar-refractivity contribution is 0.0951. The largest absolute Gasteiger partial charge is 0.347 e. The Balaban J connectivity index is 2.00. The van der Waals surface area contributed by atoms with E-state index < -0.39 is 9.84 Å². The van der Waals surface area contributed by atoms with Crippen LogP contribution in [0.3, 0.4) is 0 Å². The minimum Gasteiger partial charge on any atom is -0.347 e. The van der Waals surface area contributed by atoms with Crippen LogP contribution in [0.2, 0.25) is 5.02 Å². The standard InChI is InChI=1S/C13H12ClNO3S2/c1-20(17,18)12-7-6-11(19-12)8-15-13(16)9-2-4-10(14)5-3-9/h2-7H,8H2,1H3,(H,15,16). The first-order valence-electron chi connectivity index (χ1n) is 5.69. The van der Waals surface area contributed by atoms with Crippen molar-refractivity contribution in [1.29, 1.82) is 0 Å². The Bertz CT molecular complexity index is 720. The van der Waals surface area contributed by atoms with Gasteiger partial charge in [-0.05, 0) is 36.4 Å². The van der Waals surface area contributed by atoms with E-state index in [2.05, 4.69) is 5.32 Å². The molecule has 0 unspecified atom stereocenters. The Hall–Kier alpha value is -1.37. The van der Waals surface area contributed by atoms with Crippen LogP contribution in [0.5, 0.6) is 0 Å². The maximum absolute atomic E-state index is 11.9. The summed E-state index contributed by atoms with van der Waals surface area (Å²) in [5.74, 6) is -0.226. The summed E-state index contributed by atoms with van der Waals surface area (Å²) in [5.41, 5.74) is 0.509. The summed E-state index contributed by atoms with van der Waals surface area (Å²) in [6.45, 7) is 0.293. The van der Waals surface area contributed by atoms with Crippen molar-refractivity contribution in [1.82, 2.24) is 5.32 Å². The van der Waals surface area contributed by atoms with Gasteiger partial charge < -0.3 is 5.32 Å². The molecule has 1 aromatic heterocycles. The maximum atomic E-state index is 11.9. The van der Waals surface area contributed by atoms with Gasteiger partial charge >= 0.3 is 0 Å². The van der Waals surface area contributed by atoms with Crippen molar-refractivity contribution in [2.24, 2.45) is 0 Å². The van der Waals surface area contributed by atoms with Gasteiger partial charge in [-0.1, -0.05) is 11.6 Å². The number of thiophene rings is 1. The molecule has 0 fully saturated rings. The van der Waals surface area contributed by atoms with Gasteiger partial charge in [-0.3, -0.25) is 4.79 Å². The summed E-state index contributed by atoms with van der Waals surface area (Å²) in [7, 11) is -3.19. The highest BCUT2D eigenvalue weighted by Crippen LogP contribution is 2.21. The highest BCUT2D eigenvalue weighted by molar-refractivity contribution is 7.92. The van der Waals surface area contributed by atoms with E-state index in [1.807, 2.05) is 0 Å². The molecule has 1 N–H and O–H groups in total. The fraction of sp³-hybridized carbons (Fsp3) is 0.154. The number of hydrogen-bond donors (Lipinski definition) is 1. The van der Waals surface area contributed by atoms with Crippen molar-refractivity contribution in [2.75, 3.05) is 6.26 Å². The molecule has 1 aromatic carbocycles. The van der Waals surface area contributed by atoms with Crippen LogP contribution >= 0.6 is 22.9 Å². The van der Waals surface area contributed by atoms with E-state index in [0.717, 1.165) is 22.5 Å². The van der Waals surface area contributed by atoms with E-state index in [9.17, 15) is 13.2 Å². The molecule has 7 heteroatoms. The van der Waals surface area contributed by atoms with Crippen LogP contribution in [-0.2, 0) is 16.4 Å². The second kappa shape index (κ2) is 5.95. The van der Waals surface area contributed by atoms with E-state index in [1.165, 1.54) is 0 Å². The zero-order valence-corrected chi connectivity index (χ0v) is 13.0. The molecule has 106 valence electrons. The molecule has 0 aliphatic rings. The van der Waals surface area contributed by atoms with E-state index in [1.54, 1.807) is 36.4 Å². The number of halogens is 1. The molecule has 4 nitrogen and oxygen atoms in total. The summed E-state index contributed by atoms with van der Waals surface area (Å²) in [5, 5.41) is 3.30. The maximum Gasteiger partial charge on any atom is 0.251 e. The zero-order chi connectivity index (χ0) is 14.8. The molecule has 20 heavy (non-hydrogen) atoms. The number of hydrogen-bond acceptors (Lipinski definition) is 4. The number of sulfone groups is 1. The number of carbonyl (C=O) groups excluding carboxylic acids is 1. The van der Waals surface area contributed by atoms with Crippen molar-refractivity contribution >= 4 is 38.7 Å². The van der Waals surface area contributed by atoms with Crippen molar-refractivity contribution in [2.45, 2.75) is 10.8 Å². The van der Waals surface area contributed by atoms with E-state index in [0.29, 0.717) is 21.3 Å². The highest BCUT2D eigenvalue weighted by Gasteiger charge is 2.11. The average Bonchev–Trinajstić information content (AvgIpc) is 2.85. The second-order valence-corrected chi connectivity index (χ2v) is 8.03. The lowest BCUT2D eigenvalue weighted by Crippen LogP contribution is -2.22. The Labute approximate surface area is 126 Å². The molecular weight excluding hydrogens is 318 g/mol. The quantitative estimate of drug-likeness (QED) is 0.938. The van der Waals surface area contributed by atoms with Gasteiger partial charge in [0.15, 0.2) is 9.84 Å². The lowest BCUT2D eigenvalue weighted by Gasteiger charge is -2.03. The molecule has 0 saturated heterocycles. The predicted octanol–water partition coefficient (Wildman–Crippen LogP) is 2.74. The molecule has 0 atom stereocenters. The van der Waals surface area contributed by atoms with Gasteiger partial charge in [0, 0.05) is 21.7 Å². The van der Waals surface area contributed by atoms with Gasteiger partial charge in [-0.15, -0.1) is 11.3 Å².